The Balaban J connectivity index is 2.02. The van der Waals surface area contributed by atoms with Crippen molar-refractivity contribution in [1.82, 2.24) is 9.88 Å². The van der Waals surface area contributed by atoms with Crippen molar-refractivity contribution in [1.29, 1.82) is 0 Å². The van der Waals surface area contributed by atoms with E-state index < -0.39 is 0 Å². The summed E-state index contributed by atoms with van der Waals surface area (Å²) >= 11 is 5.90. The number of amides is 2. The monoisotopic (exact) mass is 331 g/mol. The maximum atomic E-state index is 12.2. The highest BCUT2D eigenvalue weighted by molar-refractivity contribution is 6.30. The summed E-state index contributed by atoms with van der Waals surface area (Å²) in [4.78, 5) is 29.6. The number of aromatic nitrogens is 1. The first kappa shape index (κ1) is 17.0. The van der Waals surface area contributed by atoms with E-state index in [0.29, 0.717) is 17.3 Å². The summed E-state index contributed by atoms with van der Waals surface area (Å²) in [5, 5.41) is 3.41. The topological polar surface area (TPSA) is 62.3 Å². The zero-order valence-electron chi connectivity index (χ0n) is 13.0. The molecule has 6 heteroatoms. The molecule has 0 atom stereocenters. The first-order valence-corrected chi connectivity index (χ1v) is 7.55. The van der Waals surface area contributed by atoms with Crippen LogP contribution in [0.5, 0.6) is 0 Å². The standard InChI is InChI=1S/C17H18ClN3O2/c1-12-9-14(18)6-7-16(12)20-17(23)11-21(13(2)22)10-15-5-3-4-8-19-15/h3-9H,10-11H2,1-2H3,(H,20,23). The quantitative estimate of drug-likeness (QED) is 0.916. The SMILES string of the molecule is CC(=O)N(CC(=O)Nc1ccc(Cl)cc1C)Cc1ccccn1. The average molecular weight is 332 g/mol. The molecule has 120 valence electrons. The van der Waals surface area contributed by atoms with Crippen molar-refractivity contribution in [2.45, 2.75) is 20.4 Å². The minimum Gasteiger partial charge on any atom is -0.328 e. The molecule has 2 rings (SSSR count). The Bertz CT molecular complexity index is 704. The molecule has 0 aliphatic carbocycles. The van der Waals surface area contributed by atoms with Gasteiger partial charge in [0.2, 0.25) is 11.8 Å². The summed E-state index contributed by atoms with van der Waals surface area (Å²) in [7, 11) is 0. The first-order chi connectivity index (χ1) is 11.0. The molecule has 2 amide bonds. The lowest BCUT2D eigenvalue weighted by Crippen LogP contribution is -2.36. The molecule has 2 aromatic rings. The number of benzene rings is 1. The average Bonchev–Trinajstić information content (AvgIpc) is 2.50. The van der Waals surface area contributed by atoms with Gasteiger partial charge in [-0.1, -0.05) is 17.7 Å². The Hall–Kier alpha value is -2.40. The predicted octanol–water partition coefficient (Wildman–Crippen LogP) is 3.03. The highest BCUT2D eigenvalue weighted by Gasteiger charge is 2.15. The van der Waals surface area contributed by atoms with Crippen LogP contribution in [0.3, 0.4) is 0 Å². The Morgan fingerprint density at radius 3 is 2.65 bits per heavy atom. The van der Waals surface area contributed by atoms with E-state index in [0.717, 1.165) is 11.3 Å². The molecule has 1 heterocycles. The number of rotatable bonds is 5. The Morgan fingerprint density at radius 2 is 2.04 bits per heavy atom. The predicted molar refractivity (Wildman–Crippen MR) is 90.1 cm³/mol. The number of aryl methyl sites for hydroxylation is 1. The highest BCUT2D eigenvalue weighted by atomic mass is 35.5. The van der Waals surface area contributed by atoms with Gasteiger partial charge in [0.25, 0.3) is 0 Å². The molecule has 0 radical (unpaired) electrons. The number of nitrogens with zero attached hydrogens (tertiary/aromatic N) is 2. The van der Waals surface area contributed by atoms with Gasteiger partial charge in [0, 0.05) is 23.8 Å². The molecule has 0 bridgehead atoms. The fourth-order valence-corrected chi connectivity index (χ4v) is 2.32. The number of hydrogen-bond acceptors (Lipinski definition) is 3. The van der Waals surface area contributed by atoms with E-state index in [1.807, 2.05) is 19.1 Å². The van der Waals surface area contributed by atoms with Gasteiger partial charge in [0.1, 0.15) is 6.54 Å². The van der Waals surface area contributed by atoms with Crippen LogP contribution in [-0.4, -0.2) is 28.2 Å². The fourth-order valence-electron chi connectivity index (χ4n) is 2.10. The molecule has 5 nitrogen and oxygen atoms in total. The molecule has 0 fully saturated rings. The number of anilines is 1. The molecule has 0 saturated carbocycles. The molecular formula is C17H18ClN3O2. The molecule has 1 aromatic carbocycles. The van der Waals surface area contributed by atoms with E-state index in [9.17, 15) is 9.59 Å². The van der Waals surface area contributed by atoms with Gasteiger partial charge >= 0.3 is 0 Å². The van der Waals surface area contributed by atoms with Crippen molar-refractivity contribution in [2.24, 2.45) is 0 Å². The molecule has 23 heavy (non-hydrogen) atoms. The van der Waals surface area contributed by atoms with E-state index in [-0.39, 0.29) is 18.4 Å². The number of halogens is 1. The van der Waals surface area contributed by atoms with Crippen molar-refractivity contribution in [3.05, 3.63) is 58.9 Å². The van der Waals surface area contributed by atoms with E-state index >= 15 is 0 Å². The summed E-state index contributed by atoms with van der Waals surface area (Å²) in [5.74, 6) is -0.444. The van der Waals surface area contributed by atoms with Gasteiger partial charge in [-0.05, 0) is 42.8 Å². The van der Waals surface area contributed by atoms with E-state index in [4.69, 9.17) is 11.6 Å². The number of carbonyl (C=O) groups is 2. The lowest BCUT2D eigenvalue weighted by Gasteiger charge is -2.20. The Labute approximate surface area is 140 Å². The van der Waals surface area contributed by atoms with Crippen LogP contribution in [0.1, 0.15) is 18.2 Å². The Morgan fingerprint density at radius 1 is 1.26 bits per heavy atom. The third-order valence-corrected chi connectivity index (χ3v) is 3.56. The zero-order valence-corrected chi connectivity index (χ0v) is 13.8. The summed E-state index contributed by atoms with van der Waals surface area (Å²) in [5.41, 5.74) is 2.28. The summed E-state index contributed by atoms with van der Waals surface area (Å²) < 4.78 is 0. The third-order valence-electron chi connectivity index (χ3n) is 3.32. The van der Waals surface area contributed by atoms with Crippen LogP contribution in [0.25, 0.3) is 0 Å². The lowest BCUT2D eigenvalue weighted by molar-refractivity contribution is -0.133. The smallest absolute Gasteiger partial charge is 0.244 e. The largest absolute Gasteiger partial charge is 0.328 e. The maximum absolute atomic E-state index is 12.2. The maximum Gasteiger partial charge on any atom is 0.244 e. The third kappa shape index (κ3) is 5.07. The van der Waals surface area contributed by atoms with Crippen LogP contribution >= 0.6 is 11.6 Å². The number of hydrogen-bond donors (Lipinski definition) is 1. The van der Waals surface area contributed by atoms with Gasteiger partial charge in [0.15, 0.2) is 0 Å². The number of nitrogens with one attached hydrogen (secondary N) is 1. The van der Waals surface area contributed by atoms with Gasteiger partial charge in [0.05, 0.1) is 12.2 Å². The second-order valence-corrected chi connectivity index (χ2v) is 5.64. The normalized spacial score (nSPS) is 10.2. The van der Waals surface area contributed by atoms with Gasteiger partial charge < -0.3 is 10.2 Å². The zero-order chi connectivity index (χ0) is 16.8. The van der Waals surface area contributed by atoms with Crippen molar-refractivity contribution in [3.63, 3.8) is 0 Å². The highest BCUT2D eigenvalue weighted by Crippen LogP contribution is 2.19. The van der Waals surface area contributed by atoms with Gasteiger partial charge in [-0.25, -0.2) is 0 Å². The van der Waals surface area contributed by atoms with Gasteiger partial charge in [-0.3, -0.25) is 14.6 Å². The van der Waals surface area contributed by atoms with Crippen LogP contribution in [0.2, 0.25) is 5.02 Å². The molecule has 0 unspecified atom stereocenters. The van der Waals surface area contributed by atoms with Crippen LogP contribution < -0.4 is 5.32 Å². The number of pyridine rings is 1. The van der Waals surface area contributed by atoms with Gasteiger partial charge in [-0.15, -0.1) is 0 Å². The van der Waals surface area contributed by atoms with E-state index in [1.54, 1.807) is 30.5 Å². The van der Waals surface area contributed by atoms with E-state index in [2.05, 4.69) is 10.3 Å². The van der Waals surface area contributed by atoms with Gasteiger partial charge in [-0.2, -0.15) is 0 Å². The van der Waals surface area contributed by atoms with Crippen molar-refractivity contribution < 1.29 is 9.59 Å². The minimum atomic E-state index is -0.262. The molecule has 0 aliphatic heterocycles. The number of carbonyl (C=O) groups excluding carboxylic acids is 2. The molecular weight excluding hydrogens is 314 g/mol. The van der Waals surface area contributed by atoms with Crippen LogP contribution in [0.4, 0.5) is 5.69 Å². The van der Waals surface area contributed by atoms with Crippen molar-refractivity contribution in [3.8, 4) is 0 Å². The van der Waals surface area contributed by atoms with E-state index in [1.165, 1.54) is 11.8 Å². The molecule has 0 aliphatic rings. The minimum absolute atomic E-state index is 0.0338. The summed E-state index contributed by atoms with van der Waals surface area (Å²) in [6.07, 6.45) is 1.66. The molecule has 1 aromatic heterocycles. The van der Waals surface area contributed by atoms with Crippen molar-refractivity contribution in [2.75, 3.05) is 11.9 Å². The summed E-state index contributed by atoms with van der Waals surface area (Å²) in [6, 6.07) is 10.7. The lowest BCUT2D eigenvalue weighted by atomic mass is 10.2. The van der Waals surface area contributed by atoms with Crippen molar-refractivity contribution >= 4 is 29.1 Å². The van der Waals surface area contributed by atoms with Crippen LogP contribution in [-0.2, 0) is 16.1 Å². The summed E-state index contributed by atoms with van der Waals surface area (Å²) in [6.45, 7) is 3.55. The molecule has 0 saturated heterocycles. The fraction of sp³-hybridized carbons (Fsp3) is 0.235. The molecule has 0 spiro atoms. The van der Waals surface area contributed by atoms with Crippen LogP contribution in [0, 0.1) is 6.92 Å². The second kappa shape index (κ2) is 7.74. The second-order valence-electron chi connectivity index (χ2n) is 5.20. The molecule has 1 N–H and O–H groups in total. The Kier molecular flexibility index (Phi) is 5.71. The van der Waals surface area contributed by atoms with Crippen LogP contribution in [0.15, 0.2) is 42.6 Å². The first-order valence-electron chi connectivity index (χ1n) is 7.17.